The molecule has 0 radical (unpaired) electrons. The molecular weight excluding hydrogens is 216 g/mol. The van der Waals surface area contributed by atoms with E-state index in [9.17, 15) is 9.90 Å². The van der Waals surface area contributed by atoms with Crippen molar-refractivity contribution in [1.82, 2.24) is 9.13 Å². The molecule has 4 heteroatoms. The van der Waals surface area contributed by atoms with E-state index < -0.39 is 0 Å². The number of ketones is 1. The molecule has 17 heavy (non-hydrogen) atoms. The first kappa shape index (κ1) is 11.3. The van der Waals surface area contributed by atoms with Gasteiger partial charge in [-0.05, 0) is 24.3 Å². The molecule has 88 valence electrons. The Kier molecular flexibility index (Phi) is 2.87. The summed E-state index contributed by atoms with van der Waals surface area (Å²) in [6.07, 6.45) is 4.84. The third-order valence-electron chi connectivity index (χ3n) is 2.67. The second-order valence-electron chi connectivity index (χ2n) is 3.90. The first-order valence-electron chi connectivity index (χ1n) is 5.27. The van der Waals surface area contributed by atoms with E-state index >= 15 is 0 Å². The van der Waals surface area contributed by atoms with Gasteiger partial charge in [0.15, 0.2) is 0 Å². The molecule has 0 spiro atoms. The van der Waals surface area contributed by atoms with Crippen LogP contribution in [0.15, 0.2) is 42.7 Å². The van der Waals surface area contributed by atoms with Crippen LogP contribution < -0.4 is 0 Å². The monoisotopic (exact) mass is 230 g/mol. The van der Waals surface area contributed by atoms with Gasteiger partial charge in [0.25, 0.3) is 0 Å². The van der Waals surface area contributed by atoms with Crippen LogP contribution in [0.3, 0.4) is 0 Å². The van der Waals surface area contributed by atoms with Crippen LogP contribution in [0.5, 0.6) is 0 Å². The number of hydrogen-bond donors (Lipinski definition) is 1. The molecule has 2 rings (SSSR count). The van der Waals surface area contributed by atoms with Gasteiger partial charge >= 0.3 is 0 Å². The third-order valence-corrected chi connectivity index (χ3v) is 2.67. The van der Waals surface area contributed by atoms with E-state index in [1.165, 1.54) is 6.08 Å². The Morgan fingerprint density at radius 2 is 1.65 bits per heavy atom. The van der Waals surface area contributed by atoms with E-state index in [0.717, 1.165) is 0 Å². The van der Waals surface area contributed by atoms with Crippen molar-refractivity contribution in [2.75, 3.05) is 0 Å². The molecule has 0 amide bonds. The highest BCUT2D eigenvalue weighted by atomic mass is 16.3. The average Bonchev–Trinajstić information content (AvgIpc) is 2.86. The first-order valence-corrected chi connectivity index (χ1v) is 5.27. The minimum Gasteiger partial charge on any atom is -0.506 e. The van der Waals surface area contributed by atoms with Crippen molar-refractivity contribution in [3.05, 3.63) is 54.1 Å². The Balaban J connectivity index is 2.29. The standard InChI is InChI=1S/C13H14N2O2/c1-14-7-3-5-10(14)12(16)9-13(17)11-6-4-8-15(11)2/h3-9,16H,1-2H3/b12-9-. The molecule has 2 heterocycles. The molecule has 0 atom stereocenters. The predicted molar refractivity (Wildman–Crippen MR) is 65.8 cm³/mol. The zero-order valence-electron chi connectivity index (χ0n) is 9.79. The Hall–Kier alpha value is -2.23. The lowest BCUT2D eigenvalue weighted by Crippen LogP contribution is -2.04. The van der Waals surface area contributed by atoms with Gasteiger partial charge in [0.1, 0.15) is 5.76 Å². The summed E-state index contributed by atoms with van der Waals surface area (Å²) in [6, 6.07) is 7.08. The van der Waals surface area contributed by atoms with Crippen LogP contribution in [-0.4, -0.2) is 20.0 Å². The van der Waals surface area contributed by atoms with Crippen LogP contribution in [-0.2, 0) is 14.1 Å². The van der Waals surface area contributed by atoms with Crippen LogP contribution >= 0.6 is 0 Å². The van der Waals surface area contributed by atoms with Crippen LogP contribution in [0.25, 0.3) is 5.76 Å². The summed E-state index contributed by atoms with van der Waals surface area (Å²) in [5.74, 6) is -0.236. The molecule has 1 N–H and O–H groups in total. The average molecular weight is 230 g/mol. The maximum Gasteiger partial charge on any atom is 0.205 e. The fourth-order valence-electron chi connectivity index (χ4n) is 1.72. The molecular formula is C13H14N2O2. The SMILES string of the molecule is Cn1cccc1C(=O)/C=C(\O)c1cccn1C. The van der Waals surface area contributed by atoms with Gasteiger partial charge in [0.05, 0.1) is 11.4 Å². The Labute approximate surface area is 99.4 Å². The van der Waals surface area contributed by atoms with Gasteiger partial charge in [-0.3, -0.25) is 4.79 Å². The summed E-state index contributed by atoms with van der Waals surface area (Å²) in [4.78, 5) is 11.9. The van der Waals surface area contributed by atoms with Gasteiger partial charge < -0.3 is 14.2 Å². The van der Waals surface area contributed by atoms with E-state index in [1.54, 1.807) is 40.6 Å². The van der Waals surface area contributed by atoms with Crippen molar-refractivity contribution in [3.8, 4) is 0 Å². The number of aliphatic hydroxyl groups is 1. The maximum absolute atomic E-state index is 11.9. The lowest BCUT2D eigenvalue weighted by molar-refractivity contribution is 0.103. The van der Waals surface area contributed by atoms with Gasteiger partial charge in [0.2, 0.25) is 5.78 Å². The van der Waals surface area contributed by atoms with E-state index in [4.69, 9.17) is 0 Å². The largest absolute Gasteiger partial charge is 0.506 e. The number of carbonyl (C=O) groups is 1. The van der Waals surface area contributed by atoms with Gasteiger partial charge in [-0.15, -0.1) is 0 Å². The summed E-state index contributed by atoms with van der Waals surface area (Å²) < 4.78 is 3.47. The number of carbonyl (C=O) groups excluding carboxylic acids is 1. The topological polar surface area (TPSA) is 47.2 Å². The van der Waals surface area contributed by atoms with E-state index in [2.05, 4.69) is 0 Å². The molecule has 0 aliphatic rings. The minimum absolute atomic E-state index is 0.0244. The Bertz CT molecular complexity index is 576. The molecule has 0 unspecified atom stereocenters. The fourth-order valence-corrected chi connectivity index (χ4v) is 1.72. The molecule has 0 aliphatic heterocycles. The van der Waals surface area contributed by atoms with Crippen LogP contribution in [0.1, 0.15) is 16.2 Å². The van der Waals surface area contributed by atoms with Gasteiger partial charge in [-0.2, -0.15) is 0 Å². The van der Waals surface area contributed by atoms with Crippen molar-refractivity contribution in [1.29, 1.82) is 0 Å². The number of allylic oxidation sites excluding steroid dienone is 1. The summed E-state index contributed by atoms with van der Waals surface area (Å²) in [5.41, 5.74) is 1.17. The van der Waals surface area contributed by atoms with Crippen LogP contribution in [0.2, 0.25) is 0 Å². The highest BCUT2D eigenvalue weighted by molar-refractivity contribution is 6.06. The predicted octanol–water partition coefficient (Wildman–Crippen LogP) is 2.15. The molecule has 0 fully saturated rings. The summed E-state index contributed by atoms with van der Waals surface area (Å²) >= 11 is 0. The van der Waals surface area contributed by atoms with Crippen LogP contribution in [0.4, 0.5) is 0 Å². The third kappa shape index (κ3) is 2.15. The van der Waals surface area contributed by atoms with Gasteiger partial charge in [-0.1, -0.05) is 0 Å². The van der Waals surface area contributed by atoms with Crippen molar-refractivity contribution >= 4 is 11.5 Å². The van der Waals surface area contributed by atoms with Crippen molar-refractivity contribution in [2.45, 2.75) is 0 Å². The lowest BCUT2D eigenvalue weighted by Gasteiger charge is -2.02. The number of aliphatic hydroxyl groups excluding tert-OH is 1. The highest BCUT2D eigenvalue weighted by Gasteiger charge is 2.09. The van der Waals surface area contributed by atoms with Gasteiger partial charge in [0, 0.05) is 32.6 Å². The van der Waals surface area contributed by atoms with E-state index in [-0.39, 0.29) is 11.5 Å². The molecule has 0 saturated carbocycles. The molecule has 0 bridgehead atoms. The zero-order chi connectivity index (χ0) is 12.4. The quantitative estimate of drug-likeness (QED) is 0.499. The molecule has 4 nitrogen and oxygen atoms in total. The number of nitrogens with zero attached hydrogens (tertiary/aromatic N) is 2. The van der Waals surface area contributed by atoms with Crippen molar-refractivity contribution < 1.29 is 9.90 Å². The Morgan fingerprint density at radius 3 is 2.12 bits per heavy atom. The van der Waals surface area contributed by atoms with Crippen molar-refractivity contribution in [3.63, 3.8) is 0 Å². The van der Waals surface area contributed by atoms with E-state index in [1.807, 2.05) is 19.3 Å². The Morgan fingerprint density at radius 1 is 1.12 bits per heavy atom. The fraction of sp³-hybridized carbons (Fsp3) is 0.154. The molecule has 0 aliphatic carbocycles. The normalized spacial score (nSPS) is 11.8. The molecule has 0 saturated heterocycles. The second kappa shape index (κ2) is 4.33. The van der Waals surface area contributed by atoms with E-state index in [0.29, 0.717) is 11.4 Å². The maximum atomic E-state index is 11.9. The highest BCUT2D eigenvalue weighted by Crippen LogP contribution is 2.12. The van der Waals surface area contributed by atoms with Crippen molar-refractivity contribution in [2.24, 2.45) is 14.1 Å². The van der Waals surface area contributed by atoms with Crippen LogP contribution in [0, 0.1) is 0 Å². The van der Waals surface area contributed by atoms with Gasteiger partial charge in [-0.25, -0.2) is 0 Å². The zero-order valence-corrected chi connectivity index (χ0v) is 9.79. The number of rotatable bonds is 3. The smallest absolute Gasteiger partial charge is 0.205 e. The summed E-state index contributed by atoms with van der Waals surface area (Å²) in [5, 5.41) is 9.86. The molecule has 2 aromatic rings. The molecule has 2 aromatic heterocycles. The number of aromatic nitrogens is 2. The second-order valence-corrected chi connectivity index (χ2v) is 3.90. The first-order chi connectivity index (χ1) is 8.09. The number of hydrogen-bond acceptors (Lipinski definition) is 2. The summed E-state index contributed by atoms with van der Waals surface area (Å²) in [6.45, 7) is 0. The minimum atomic E-state index is -0.212. The number of aryl methyl sites for hydroxylation is 2. The lowest BCUT2D eigenvalue weighted by atomic mass is 10.2. The molecule has 0 aromatic carbocycles. The summed E-state index contributed by atoms with van der Waals surface area (Å²) in [7, 11) is 3.60.